The largest absolute Gasteiger partial charge is 0.497 e. The van der Waals surface area contributed by atoms with E-state index in [-0.39, 0.29) is 29.5 Å². The Morgan fingerprint density at radius 2 is 1.79 bits per heavy atom. The Morgan fingerprint density at radius 1 is 1.00 bits per heavy atom. The second-order valence-electron chi connectivity index (χ2n) is 11.4. The molecule has 11 heteroatoms. The second kappa shape index (κ2) is 11.1. The number of fused-ring (bicyclic) bond motifs is 2. The van der Waals surface area contributed by atoms with Crippen LogP contribution in [0.5, 0.6) is 11.5 Å². The first-order valence-electron chi connectivity index (χ1n) is 14.2. The third-order valence-electron chi connectivity index (χ3n) is 8.31. The highest BCUT2D eigenvalue weighted by Gasteiger charge is 2.55. The van der Waals surface area contributed by atoms with Gasteiger partial charge < -0.3 is 28.8 Å². The molecule has 1 aliphatic heterocycles. The van der Waals surface area contributed by atoms with Gasteiger partial charge >= 0.3 is 0 Å². The molecule has 2 aliphatic rings. The van der Waals surface area contributed by atoms with E-state index >= 15 is 0 Å². The highest BCUT2D eigenvalue weighted by molar-refractivity contribution is 7.03. The van der Waals surface area contributed by atoms with E-state index in [2.05, 4.69) is 42.6 Å². The molecule has 1 saturated carbocycles. The Hall–Kier alpha value is -3.70. The van der Waals surface area contributed by atoms with Crippen LogP contribution in [0.4, 0.5) is 5.82 Å². The number of hydrogen-bond donors (Lipinski definition) is 1. The molecule has 1 aliphatic carbocycles. The Bertz CT molecular complexity index is 1760. The summed E-state index contributed by atoms with van der Waals surface area (Å²) in [6, 6.07) is 16.3. The van der Waals surface area contributed by atoms with Crippen LogP contribution in [-0.4, -0.2) is 51.1 Å². The van der Waals surface area contributed by atoms with E-state index in [1.54, 1.807) is 14.2 Å². The average molecular weight is 618 g/mol. The monoisotopic (exact) mass is 617 g/mol. The van der Waals surface area contributed by atoms with Gasteiger partial charge in [0, 0.05) is 35.8 Å². The zero-order valence-corrected chi connectivity index (χ0v) is 25.9. The minimum absolute atomic E-state index is 0.0351. The van der Waals surface area contributed by atoms with Gasteiger partial charge in [0.15, 0.2) is 5.79 Å². The number of ether oxygens (including phenoxy) is 4. The van der Waals surface area contributed by atoms with Gasteiger partial charge in [-0.05, 0) is 90.4 Å². The molecular weight excluding hydrogens is 586 g/mol. The predicted molar refractivity (Wildman–Crippen MR) is 167 cm³/mol. The highest BCUT2D eigenvalue weighted by Crippen LogP contribution is 2.52. The van der Waals surface area contributed by atoms with E-state index in [0.717, 1.165) is 51.2 Å². The van der Waals surface area contributed by atoms with Crippen LogP contribution in [0.15, 0.2) is 66.3 Å². The SMILES string of the molecule is COc1ccc(CNc2nc(Cl)nc3c2ccn3[C@@H]2C[C@H](c3cc(OC)cc(-c4cnsc4)c3)[C@H]3OC(C)(C)O[C@H]32)cc1. The molecule has 0 amide bonds. The van der Waals surface area contributed by atoms with Crippen molar-refractivity contribution in [2.24, 2.45) is 0 Å². The van der Waals surface area contributed by atoms with E-state index in [4.69, 9.17) is 30.5 Å². The molecule has 1 saturated heterocycles. The van der Waals surface area contributed by atoms with E-state index in [1.807, 2.05) is 61.8 Å². The summed E-state index contributed by atoms with van der Waals surface area (Å²) in [4.78, 5) is 9.21. The summed E-state index contributed by atoms with van der Waals surface area (Å²) in [5.41, 5.74) is 5.13. The summed E-state index contributed by atoms with van der Waals surface area (Å²) in [7, 11) is 3.36. The van der Waals surface area contributed by atoms with Gasteiger partial charge in [0.1, 0.15) is 29.1 Å². The van der Waals surface area contributed by atoms with Crippen molar-refractivity contribution < 1.29 is 18.9 Å². The Labute approximate surface area is 258 Å². The van der Waals surface area contributed by atoms with Crippen LogP contribution in [0, 0.1) is 0 Å². The topological polar surface area (TPSA) is 92.6 Å². The Balaban J connectivity index is 1.23. The van der Waals surface area contributed by atoms with Crippen molar-refractivity contribution in [3.05, 3.63) is 82.7 Å². The lowest BCUT2D eigenvalue weighted by atomic mass is 9.92. The van der Waals surface area contributed by atoms with Gasteiger partial charge in [0.05, 0.1) is 31.8 Å². The van der Waals surface area contributed by atoms with Crippen LogP contribution in [0.1, 0.15) is 43.4 Å². The number of hydrogen-bond acceptors (Lipinski definition) is 9. The fraction of sp³-hybridized carbons (Fsp3) is 0.344. The predicted octanol–water partition coefficient (Wildman–Crippen LogP) is 7.09. The number of nitrogens with zero attached hydrogens (tertiary/aromatic N) is 4. The third kappa shape index (κ3) is 5.33. The fourth-order valence-electron chi connectivity index (χ4n) is 6.36. The number of methoxy groups -OCH3 is 2. The van der Waals surface area contributed by atoms with Crippen LogP contribution in [-0.2, 0) is 16.0 Å². The standard InChI is InChI=1S/C32H32ClN5O4S/c1-32(2)41-27-25(20-11-19(12-23(13-20)40-4)21-16-35-43-17-21)14-26(28(27)42-32)38-10-9-24-29(36-31(33)37-30(24)38)34-15-18-5-7-22(39-3)8-6-18/h5-13,16-17,25-28H,14-15H2,1-4H3,(H,34,36,37)/t25-,26-,27-,28+/m1/s1. The van der Waals surface area contributed by atoms with Crippen LogP contribution in [0.25, 0.3) is 22.2 Å². The van der Waals surface area contributed by atoms with Gasteiger partial charge in [-0.3, -0.25) is 0 Å². The average Bonchev–Trinajstić information content (AvgIpc) is 3.80. The summed E-state index contributed by atoms with van der Waals surface area (Å²) in [6.07, 6.45) is 4.40. The summed E-state index contributed by atoms with van der Waals surface area (Å²) in [5.74, 6) is 1.65. The van der Waals surface area contributed by atoms with Crippen LogP contribution in [0.2, 0.25) is 5.28 Å². The second-order valence-corrected chi connectivity index (χ2v) is 12.4. The van der Waals surface area contributed by atoms with Crippen LogP contribution < -0.4 is 14.8 Å². The maximum atomic E-state index is 6.57. The van der Waals surface area contributed by atoms with Crippen molar-refractivity contribution in [2.45, 2.75) is 56.8 Å². The van der Waals surface area contributed by atoms with Gasteiger partial charge in [-0.25, -0.2) is 9.36 Å². The third-order valence-corrected chi connectivity index (χ3v) is 9.07. The summed E-state index contributed by atoms with van der Waals surface area (Å²) >= 11 is 7.93. The molecule has 43 heavy (non-hydrogen) atoms. The molecule has 0 radical (unpaired) electrons. The number of halogens is 1. The maximum Gasteiger partial charge on any atom is 0.226 e. The molecule has 3 aromatic heterocycles. The molecule has 2 fully saturated rings. The maximum absolute atomic E-state index is 6.57. The lowest BCUT2D eigenvalue weighted by molar-refractivity contribution is -0.157. The smallest absolute Gasteiger partial charge is 0.226 e. The molecule has 0 spiro atoms. The van der Waals surface area contributed by atoms with Gasteiger partial charge in [0.25, 0.3) is 0 Å². The summed E-state index contributed by atoms with van der Waals surface area (Å²) in [5, 5.41) is 6.57. The van der Waals surface area contributed by atoms with Gasteiger partial charge in [-0.15, -0.1) is 0 Å². The fourth-order valence-corrected chi connectivity index (χ4v) is 7.07. The van der Waals surface area contributed by atoms with Crippen molar-refractivity contribution in [1.29, 1.82) is 0 Å². The molecule has 4 heterocycles. The first-order valence-corrected chi connectivity index (χ1v) is 15.4. The molecule has 222 valence electrons. The molecule has 7 rings (SSSR count). The molecule has 1 N–H and O–H groups in total. The van der Waals surface area contributed by atoms with Crippen molar-refractivity contribution in [1.82, 2.24) is 18.9 Å². The van der Waals surface area contributed by atoms with E-state index < -0.39 is 5.79 Å². The summed E-state index contributed by atoms with van der Waals surface area (Å²) in [6.45, 7) is 4.53. The van der Waals surface area contributed by atoms with Gasteiger partial charge in [-0.1, -0.05) is 18.2 Å². The quantitative estimate of drug-likeness (QED) is 0.185. The van der Waals surface area contributed by atoms with Crippen molar-refractivity contribution in [3.8, 4) is 22.6 Å². The molecule has 2 aromatic carbocycles. The Morgan fingerprint density at radius 3 is 2.53 bits per heavy atom. The Kier molecular flexibility index (Phi) is 7.25. The molecule has 0 unspecified atom stereocenters. The normalized spacial score (nSPS) is 22.5. The van der Waals surface area contributed by atoms with Crippen molar-refractivity contribution in [2.75, 3.05) is 19.5 Å². The molecule has 0 bridgehead atoms. The van der Waals surface area contributed by atoms with Crippen molar-refractivity contribution in [3.63, 3.8) is 0 Å². The number of benzene rings is 2. The minimum atomic E-state index is -0.716. The zero-order valence-electron chi connectivity index (χ0n) is 24.3. The number of aromatic nitrogens is 4. The number of rotatable bonds is 8. The van der Waals surface area contributed by atoms with E-state index in [1.165, 1.54) is 11.5 Å². The molecule has 5 aromatic rings. The highest BCUT2D eigenvalue weighted by atomic mass is 35.5. The van der Waals surface area contributed by atoms with E-state index in [9.17, 15) is 0 Å². The molecule has 9 nitrogen and oxygen atoms in total. The zero-order chi connectivity index (χ0) is 29.7. The minimum Gasteiger partial charge on any atom is -0.497 e. The van der Waals surface area contributed by atoms with Gasteiger partial charge in [-0.2, -0.15) is 4.98 Å². The number of anilines is 1. The summed E-state index contributed by atoms with van der Waals surface area (Å²) < 4.78 is 30.6. The molecule has 4 atom stereocenters. The van der Waals surface area contributed by atoms with Gasteiger partial charge in [0.2, 0.25) is 5.28 Å². The van der Waals surface area contributed by atoms with Crippen LogP contribution >= 0.6 is 23.1 Å². The van der Waals surface area contributed by atoms with E-state index in [0.29, 0.717) is 12.4 Å². The first kappa shape index (κ1) is 28.1. The lowest BCUT2D eigenvalue weighted by Gasteiger charge is -2.25. The van der Waals surface area contributed by atoms with Crippen LogP contribution in [0.3, 0.4) is 0 Å². The molecular formula is C32H32ClN5O4S. The van der Waals surface area contributed by atoms with Crippen molar-refractivity contribution >= 4 is 40.0 Å². The first-order chi connectivity index (χ1) is 20.8. The number of nitrogens with one attached hydrogen (secondary N) is 1. The lowest BCUT2D eigenvalue weighted by Crippen LogP contribution is -2.27.